The number of hydrogen-bond acceptors (Lipinski definition) is 5. The van der Waals surface area contributed by atoms with Crippen molar-refractivity contribution in [1.29, 1.82) is 0 Å². The van der Waals surface area contributed by atoms with Crippen molar-refractivity contribution >= 4 is 5.97 Å². The lowest BCUT2D eigenvalue weighted by Crippen LogP contribution is -2.08. The smallest absolute Gasteiger partial charge is 0.312 e. The number of rotatable bonds is 8. The van der Waals surface area contributed by atoms with Gasteiger partial charge in [-0.05, 0) is 48.9 Å². The van der Waals surface area contributed by atoms with Gasteiger partial charge in [-0.1, -0.05) is 42.5 Å². The molecular formula is C26H22FNO4. The van der Waals surface area contributed by atoms with Crippen LogP contribution in [0, 0.1) is 5.82 Å². The van der Waals surface area contributed by atoms with Gasteiger partial charge in [-0.3, -0.25) is 4.79 Å². The number of nitrogens with zero attached hydrogens (tertiary/aromatic N) is 1. The van der Waals surface area contributed by atoms with Crippen molar-refractivity contribution in [1.82, 2.24) is 4.98 Å². The third-order valence-corrected chi connectivity index (χ3v) is 4.75. The molecule has 0 unspecified atom stereocenters. The number of aromatic nitrogens is 1. The summed E-state index contributed by atoms with van der Waals surface area (Å²) in [5, 5.41) is 0. The molecule has 0 N–H and O–H groups in total. The molecule has 0 amide bonds. The highest BCUT2D eigenvalue weighted by Gasteiger charge is 2.20. The Morgan fingerprint density at radius 3 is 2.50 bits per heavy atom. The van der Waals surface area contributed by atoms with Crippen LogP contribution in [0.2, 0.25) is 0 Å². The van der Waals surface area contributed by atoms with Gasteiger partial charge in [0.2, 0.25) is 5.89 Å². The number of hydrogen-bond donors (Lipinski definition) is 0. The standard InChI is InChI=1S/C26H22FNO4/c1-2-30-24(29)16-23-25(32-26(28-23)19-11-13-21(27)14-12-19)20-9-6-10-22(15-20)31-17-18-7-4-3-5-8-18/h3-15H,2,16-17H2,1H3. The molecule has 0 saturated heterocycles. The van der Waals surface area contributed by atoms with E-state index in [1.807, 2.05) is 54.6 Å². The van der Waals surface area contributed by atoms with E-state index in [9.17, 15) is 9.18 Å². The SMILES string of the molecule is CCOC(=O)Cc1nc(-c2ccc(F)cc2)oc1-c1cccc(OCc2ccccc2)c1. The van der Waals surface area contributed by atoms with Gasteiger partial charge in [-0.25, -0.2) is 9.37 Å². The van der Waals surface area contributed by atoms with Gasteiger partial charge in [0.05, 0.1) is 18.7 Å². The Labute approximate surface area is 185 Å². The topological polar surface area (TPSA) is 61.6 Å². The van der Waals surface area contributed by atoms with Gasteiger partial charge in [0.15, 0.2) is 5.76 Å². The average Bonchev–Trinajstić information content (AvgIpc) is 3.23. The van der Waals surface area contributed by atoms with Crippen molar-refractivity contribution < 1.29 is 23.1 Å². The highest BCUT2D eigenvalue weighted by atomic mass is 19.1. The van der Waals surface area contributed by atoms with E-state index in [4.69, 9.17) is 13.9 Å². The summed E-state index contributed by atoms with van der Waals surface area (Å²) in [5.74, 6) is 0.658. The van der Waals surface area contributed by atoms with E-state index in [0.29, 0.717) is 35.3 Å². The van der Waals surface area contributed by atoms with Crippen LogP contribution in [-0.2, 0) is 22.6 Å². The third-order valence-electron chi connectivity index (χ3n) is 4.75. The third kappa shape index (κ3) is 5.21. The minimum atomic E-state index is -0.399. The second kappa shape index (κ2) is 9.92. The van der Waals surface area contributed by atoms with Crippen LogP contribution in [0.15, 0.2) is 83.3 Å². The molecule has 0 fully saturated rings. The molecular weight excluding hydrogens is 409 g/mol. The monoisotopic (exact) mass is 431 g/mol. The number of ether oxygens (including phenoxy) is 2. The maximum atomic E-state index is 13.3. The number of benzene rings is 3. The summed E-state index contributed by atoms with van der Waals surface area (Å²) in [6.07, 6.45) is -0.0387. The molecule has 0 atom stereocenters. The summed E-state index contributed by atoms with van der Waals surface area (Å²) in [7, 11) is 0. The number of carbonyl (C=O) groups excluding carboxylic acids is 1. The Morgan fingerprint density at radius 2 is 1.75 bits per heavy atom. The molecule has 6 heteroatoms. The molecule has 32 heavy (non-hydrogen) atoms. The summed E-state index contributed by atoms with van der Waals surface area (Å²) in [5.41, 5.74) is 2.83. The number of esters is 1. The summed E-state index contributed by atoms with van der Waals surface area (Å²) in [6.45, 7) is 2.45. The fourth-order valence-electron chi connectivity index (χ4n) is 3.23. The van der Waals surface area contributed by atoms with Crippen LogP contribution in [0.4, 0.5) is 4.39 Å². The average molecular weight is 431 g/mol. The first kappa shape index (κ1) is 21.3. The summed E-state index contributed by atoms with van der Waals surface area (Å²) in [6, 6.07) is 23.1. The zero-order valence-corrected chi connectivity index (χ0v) is 17.6. The van der Waals surface area contributed by atoms with Crippen molar-refractivity contribution in [3.05, 3.63) is 95.9 Å². The van der Waals surface area contributed by atoms with E-state index in [0.717, 1.165) is 11.1 Å². The minimum Gasteiger partial charge on any atom is -0.489 e. The van der Waals surface area contributed by atoms with Crippen LogP contribution < -0.4 is 4.74 Å². The Kier molecular flexibility index (Phi) is 6.60. The Hall–Kier alpha value is -3.93. The van der Waals surface area contributed by atoms with E-state index in [-0.39, 0.29) is 18.8 Å². The van der Waals surface area contributed by atoms with Crippen molar-refractivity contribution in [2.45, 2.75) is 20.0 Å². The molecule has 5 nitrogen and oxygen atoms in total. The maximum Gasteiger partial charge on any atom is 0.312 e. The van der Waals surface area contributed by atoms with Crippen LogP contribution in [0.3, 0.4) is 0 Å². The molecule has 1 heterocycles. The van der Waals surface area contributed by atoms with E-state index < -0.39 is 5.97 Å². The molecule has 3 aromatic carbocycles. The van der Waals surface area contributed by atoms with Crippen LogP contribution in [0.25, 0.3) is 22.8 Å². The predicted octanol–water partition coefficient (Wildman–Crippen LogP) is 5.83. The van der Waals surface area contributed by atoms with Crippen molar-refractivity contribution in [2.75, 3.05) is 6.61 Å². The largest absolute Gasteiger partial charge is 0.489 e. The maximum absolute atomic E-state index is 13.3. The molecule has 162 valence electrons. The van der Waals surface area contributed by atoms with Gasteiger partial charge >= 0.3 is 5.97 Å². The van der Waals surface area contributed by atoms with E-state index >= 15 is 0 Å². The van der Waals surface area contributed by atoms with Gasteiger partial charge < -0.3 is 13.9 Å². The summed E-state index contributed by atoms with van der Waals surface area (Å²) < 4.78 is 30.4. The van der Waals surface area contributed by atoms with Crippen molar-refractivity contribution in [3.8, 4) is 28.5 Å². The Bertz CT molecular complexity index is 1190. The zero-order valence-electron chi connectivity index (χ0n) is 17.6. The number of oxazole rings is 1. The normalized spacial score (nSPS) is 10.7. The predicted molar refractivity (Wildman–Crippen MR) is 118 cm³/mol. The first-order valence-corrected chi connectivity index (χ1v) is 10.3. The molecule has 0 spiro atoms. The van der Waals surface area contributed by atoms with Gasteiger partial charge in [-0.15, -0.1) is 0 Å². The molecule has 1 aromatic heterocycles. The van der Waals surface area contributed by atoms with Crippen LogP contribution in [0.1, 0.15) is 18.2 Å². The zero-order chi connectivity index (χ0) is 22.3. The Morgan fingerprint density at radius 1 is 0.969 bits per heavy atom. The lowest BCUT2D eigenvalue weighted by atomic mass is 10.1. The number of carbonyl (C=O) groups is 1. The van der Waals surface area contributed by atoms with Crippen LogP contribution in [-0.4, -0.2) is 17.6 Å². The van der Waals surface area contributed by atoms with Gasteiger partial charge in [0.1, 0.15) is 18.2 Å². The quantitative estimate of drug-likeness (QED) is 0.328. The number of halogens is 1. The highest BCUT2D eigenvalue weighted by molar-refractivity contribution is 5.76. The lowest BCUT2D eigenvalue weighted by Gasteiger charge is -2.08. The lowest BCUT2D eigenvalue weighted by molar-refractivity contribution is -0.142. The van der Waals surface area contributed by atoms with Gasteiger partial charge in [0, 0.05) is 11.1 Å². The van der Waals surface area contributed by atoms with E-state index in [2.05, 4.69) is 4.98 Å². The molecule has 0 aliphatic heterocycles. The van der Waals surface area contributed by atoms with Crippen LogP contribution in [0.5, 0.6) is 5.75 Å². The molecule has 0 bridgehead atoms. The fourth-order valence-corrected chi connectivity index (χ4v) is 3.23. The first-order valence-electron chi connectivity index (χ1n) is 10.3. The second-order valence-electron chi connectivity index (χ2n) is 7.09. The van der Waals surface area contributed by atoms with E-state index in [1.54, 1.807) is 19.1 Å². The first-order chi connectivity index (χ1) is 15.6. The molecule has 4 rings (SSSR count). The van der Waals surface area contributed by atoms with Gasteiger partial charge in [-0.2, -0.15) is 0 Å². The molecule has 0 aliphatic rings. The fraction of sp³-hybridized carbons (Fsp3) is 0.154. The molecule has 0 aliphatic carbocycles. The summed E-state index contributed by atoms with van der Waals surface area (Å²) in [4.78, 5) is 16.6. The van der Waals surface area contributed by atoms with Gasteiger partial charge in [0.25, 0.3) is 0 Å². The Balaban J connectivity index is 1.64. The van der Waals surface area contributed by atoms with Crippen LogP contribution >= 0.6 is 0 Å². The second-order valence-corrected chi connectivity index (χ2v) is 7.09. The minimum absolute atomic E-state index is 0.0387. The van der Waals surface area contributed by atoms with Crippen molar-refractivity contribution in [2.24, 2.45) is 0 Å². The highest BCUT2D eigenvalue weighted by Crippen LogP contribution is 2.32. The molecule has 0 saturated carbocycles. The molecule has 0 radical (unpaired) electrons. The van der Waals surface area contributed by atoms with E-state index in [1.165, 1.54) is 12.1 Å². The summed E-state index contributed by atoms with van der Waals surface area (Å²) >= 11 is 0. The van der Waals surface area contributed by atoms with Crippen molar-refractivity contribution in [3.63, 3.8) is 0 Å². The molecule has 4 aromatic rings.